The number of sulfonamides is 1. The Morgan fingerprint density at radius 3 is 2.52 bits per heavy atom. The van der Waals surface area contributed by atoms with Crippen molar-refractivity contribution in [2.24, 2.45) is 0 Å². The van der Waals surface area contributed by atoms with Crippen molar-refractivity contribution < 1.29 is 17.9 Å². The van der Waals surface area contributed by atoms with Gasteiger partial charge in [-0.15, -0.1) is 0 Å². The third-order valence-corrected chi connectivity index (χ3v) is 5.02. The Bertz CT molecular complexity index is 908. The molecule has 2 aromatic rings. The predicted octanol–water partition coefficient (Wildman–Crippen LogP) is 1.56. The summed E-state index contributed by atoms with van der Waals surface area (Å²) in [5.41, 5.74) is 1.17. The summed E-state index contributed by atoms with van der Waals surface area (Å²) in [6.07, 6.45) is -0.862. The van der Waals surface area contributed by atoms with E-state index >= 15 is 0 Å². The minimum atomic E-state index is -3.52. The quantitative estimate of drug-likeness (QED) is 0.679. The van der Waals surface area contributed by atoms with Crippen LogP contribution in [0.1, 0.15) is 18.1 Å². The van der Waals surface area contributed by atoms with Crippen molar-refractivity contribution in [3.63, 3.8) is 0 Å². The van der Waals surface area contributed by atoms with Gasteiger partial charge < -0.3 is 10.1 Å². The lowest BCUT2D eigenvalue weighted by atomic mass is 10.2. The standard InChI is InChI=1S/C19H21N3O4S/c1-15(26-18-10-6-5-9-17(18)13-20)19(23)21-11-12-27(24,25)22-14-16-7-3-2-4-8-16/h2-10,15,22H,11-12,14H2,1H3,(H,21,23). The van der Waals surface area contributed by atoms with Crippen molar-refractivity contribution in [1.29, 1.82) is 5.26 Å². The van der Waals surface area contributed by atoms with Crippen LogP contribution in [0.2, 0.25) is 0 Å². The molecule has 142 valence electrons. The molecule has 27 heavy (non-hydrogen) atoms. The first-order valence-electron chi connectivity index (χ1n) is 8.36. The van der Waals surface area contributed by atoms with E-state index in [2.05, 4.69) is 10.0 Å². The predicted molar refractivity (Wildman–Crippen MR) is 101 cm³/mol. The lowest BCUT2D eigenvalue weighted by Crippen LogP contribution is -2.40. The highest BCUT2D eigenvalue weighted by Crippen LogP contribution is 2.18. The molecule has 0 aliphatic heterocycles. The molecule has 0 radical (unpaired) electrons. The molecule has 0 aliphatic rings. The van der Waals surface area contributed by atoms with Crippen molar-refractivity contribution in [2.45, 2.75) is 19.6 Å². The second-order valence-electron chi connectivity index (χ2n) is 5.78. The fourth-order valence-corrected chi connectivity index (χ4v) is 3.12. The zero-order valence-corrected chi connectivity index (χ0v) is 15.7. The van der Waals surface area contributed by atoms with E-state index < -0.39 is 22.0 Å². The van der Waals surface area contributed by atoms with Gasteiger partial charge in [-0.1, -0.05) is 42.5 Å². The Hall–Kier alpha value is -2.89. The number of ether oxygens (including phenoxy) is 1. The Morgan fingerprint density at radius 1 is 1.15 bits per heavy atom. The Kier molecular flexibility index (Phi) is 7.34. The van der Waals surface area contributed by atoms with Crippen LogP contribution in [0.15, 0.2) is 54.6 Å². The normalized spacial score (nSPS) is 12.0. The maximum atomic E-state index is 12.1. The van der Waals surface area contributed by atoms with Crippen LogP contribution in [-0.2, 0) is 21.4 Å². The number of carbonyl (C=O) groups excluding carboxylic acids is 1. The average Bonchev–Trinajstić information content (AvgIpc) is 2.67. The number of benzene rings is 2. The second-order valence-corrected chi connectivity index (χ2v) is 7.71. The molecule has 7 nitrogen and oxygen atoms in total. The van der Waals surface area contributed by atoms with Crippen LogP contribution in [0.4, 0.5) is 0 Å². The fourth-order valence-electron chi connectivity index (χ4n) is 2.22. The van der Waals surface area contributed by atoms with Gasteiger partial charge in [0.1, 0.15) is 11.8 Å². The van der Waals surface area contributed by atoms with Gasteiger partial charge in [0, 0.05) is 13.1 Å². The molecule has 1 amide bonds. The molecular weight excluding hydrogens is 366 g/mol. The monoisotopic (exact) mass is 387 g/mol. The third kappa shape index (κ3) is 6.73. The zero-order chi connectivity index (χ0) is 19.7. The summed E-state index contributed by atoms with van der Waals surface area (Å²) in [5.74, 6) is -0.395. The van der Waals surface area contributed by atoms with E-state index in [1.165, 1.54) is 6.92 Å². The van der Waals surface area contributed by atoms with E-state index in [9.17, 15) is 13.2 Å². The third-order valence-electron chi connectivity index (χ3n) is 3.69. The number of nitrogens with zero attached hydrogens (tertiary/aromatic N) is 1. The summed E-state index contributed by atoms with van der Waals surface area (Å²) in [7, 11) is -3.52. The number of nitriles is 1. The molecule has 1 atom stereocenters. The number of hydrogen-bond donors (Lipinski definition) is 2. The van der Waals surface area contributed by atoms with Crippen LogP contribution in [0.5, 0.6) is 5.75 Å². The Labute approximate surface area is 159 Å². The van der Waals surface area contributed by atoms with Crippen molar-refractivity contribution in [3.05, 3.63) is 65.7 Å². The van der Waals surface area contributed by atoms with Gasteiger partial charge in [0.15, 0.2) is 6.10 Å². The number of rotatable bonds is 9. The van der Waals surface area contributed by atoms with Crippen LogP contribution < -0.4 is 14.8 Å². The van der Waals surface area contributed by atoms with Crippen molar-refractivity contribution in [2.75, 3.05) is 12.3 Å². The first-order chi connectivity index (χ1) is 12.9. The van der Waals surface area contributed by atoms with Gasteiger partial charge in [0.25, 0.3) is 5.91 Å². The van der Waals surface area contributed by atoms with Crippen LogP contribution in [-0.4, -0.2) is 32.7 Å². The lowest BCUT2D eigenvalue weighted by Gasteiger charge is -2.15. The molecule has 0 bridgehead atoms. The summed E-state index contributed by atoms with van der Waals surface area (Å²) in [6, 6.07) is 17.7. The number of nitrogens with one attached hydrogen (secondary N) is 2. The molecule has 0 heterocycles. The number of hydrogen-bond acceptors (Lipinski definition) is 5. The SMILES string of the molecule is CC(Oc1ccccc1C#N)C(=O)NCCS(=O)(=O)NCc1ccccc1. The molecule has 1 unspecified atom stereocenters. The highest BCUT2D eigenvalue weighted by atomic mass is 32.2. The van der Waals surface area contributed by atoms with Gasteiger partial charge >= 0.3 is 0 Å². The molecule has 2 aromatic carbocycles. The smallest absolute Gasteiger partial charge is 0.260 e. The van der Waals surface area contributed by atoms with Crippen molar-refractivity contribution in [1.82, 2.24) is 10.0 Å². The van der Waals surface area contributed by atoms with Gasteiger partial charge in [-0.2, -0.15) is 5.26 Å². The maximum absolute atomic E-state index is 12.1. The molecule has 8 heteroatoms. The van der Waals surface area contributed by atoms with Crippen LogP contribution >= 0.6 is 0 Å². The van der Waals surface area contributed by atoms with E-state index in [0.29, 0.717) is 11.3 Å². The second kappa shape index (κ2) is 9.71. The Balaban J connectivity index is 1.78. The first kappa shape index (κ1) is 20.4. The molecule has 0 saturated heterocycles. The summed E-state index contributed by atoms with van der Waals surface area (Å²) in [5, 5.41) is 11.6. The molecular formula is C19H21N3O4S. The van der Waals surface area contributed by atoms with Gasteiger partial charge in [-0.25, -0.2) is 13.1 Å². The Morgan fingerprint density at radius 2 is 1.81 bits per heavy atom. The zero-order valence-electron chi connectivity index (χ0n) is 14.9. The maximum Gasteiger partial charge on any atom is 0.260 e. The van der Waals surface area contributed by atoms with E-state index in [1.807, 2.05) is 36.4 Å². The molecule has 0 fully saturated rings. The number of para-hydroxylation sites is 1. The van der Waals surface area contributed by atoms with E-state index in [0.717, 1.165) is 5.56 Å². The molecule has 2 N–H and O–H groups in total. The topological polar surface area (TPSA) is 108 Å². The fraction of sp³-hybridized carbons (Fsp3) is 0.263. The van der Waals surface area contributed by atoms with E-state index in [1.54, 1.807) is 24.3 Å². The van der Waals surface area contributed by atoms with Crippen LogP contribution in [0.3, 0.4) is 0 Å². The molecule has 0 aliphatic carbocycles. The van der Waals surface area contributed by atoms with Crippen molar-refractivity contribution in [3.8, 4) is 11.8 Å². The summed E-state index contributed by atoms with van der Waals surface area (Å²) >= 11 is 0. The lowest BCUT2D eigenvalue weighted by molar-refractivity contribution is -0.127. The van der Waals surface area contributed by atoms with Crippen LogP contribution in [0, 0.1) is 11.3 Å². The van der Waals surface area contributed by atoms with Gasteiger partial charge in [0.05, 0.1) is 11.3 Å². The minimum Gasteiger partial charge on any atom is -0.480 e. The average molecular weight is 387 g/mol. The van der Waals surface area contributed by atoms with Crippen LogP contribution in [0.25, 0.3) is 0 Å². The minimum absolute atomic E-state index is 0.0451. The number of carbonyl (C=O) groups is 1. The van der Waals surface area contributed by atoms with E-state index in [4.69, 9.17) is 10.00 Å². The van der Waals surface area contributed by atoms with E-state index in [-0.39, 0.29) is 18.8 Å². The molecule has 2 rings (SSSR count). The summed E-state index contributed by atoms with van der Waals surface area (Å²) < 4.78 is 32.0. The van der Waals surface area contributed by atoms with Gasteiger partial charge in [0.2, 0.25) is 10.0 Å². The van der Waals surface area contributed by atoms with Crippen molar-refractivity contribution >= 4 is 15.9 Å². The van der Waals surface area contributed by atoms with Gasteiger partial charge in [-0.3, -0.25) is 4.79 Å². The highest BCUT2D eigenvalue weighted by Gasteiger charge is 2.17. The molecule has 0 spiro atoms. The van der Waals surface area contributed by atoms with Gasteiger partial charge in [-0.05, 0) is 24.6 Å². The first-order valence-corrected chi connectivity index (χ1v) is 10.0. The number of amides is 1. The molecule has 0 saturated carbocycles. The summed E-state index contributed by atoms with van der Waals surface area (Å²) in [4.78, 5) is 12.1. The highest BCUT2D eigenvalue weighted by molar-refractivity contribution is 7.89. The summed E-state index contributed by atoms with van der Waals surface area (Å²) in [6.45, 7) is 1.68. The largest absolute Gasteiger partial charge is 0.480 e. The molecule has 0 aromatic heterocycles.